The minimum atomic E-state index is 0.505. The van der Waals surface area contributed by atoms with Crippen LogP contribution in [0.4, 0.5) is 0 Å². The molecular weight excluding hydrogens is 214 g/mol. The Morgan fingerprint density at radius 2 is 2.43 bits per heavy atom. The predicted octanol–water partition coefficient (Wildman–Crippen LogP) is 3.52. The van der Waals surface area contributed by atoms with Crippen molar-refractivity contribution in [2.45, 2.75) is 32.2 Å². The molecule has 0 aliphatic heterocycles. The minimum absolute atomic E-state index is 0.505. The highest BCUT2D eigenvalue weighted by Crippen LogP contribution is 2.14. The van der Waals surface area contributed by atoms with Crippen molar-refractivity contribution in [3.05, 3.63) is 23.8 Å². The number of hydrogen-bond donors (Lipinski definition) is 1. The highest BCUT2D eigenvalue weighted by atomic mass is 35.5. The maximum Gasteiger partial charge on any atom is 0.0327 e. The molecule has 0 heterocycles. The van der Waals surface area contributed by atoms with Crippen molar-refractivity contribution < 1.29 is 0 Å². The monoisotopic (exact) mass is 231 g/mol. The summed E-state index contributed by atoms with van der Waals surface area (Å²) in [5.41, 5.74) is 1.44. The van der Waals surface area contributed by atoms with E-state index in [1.165, 1.54) is 18.4 Å². The summed E-state index contributed by atoms with van der Waals surface area (Å²) >= 11 is 7.43. The summed E-state index contributed by atoms with van der Waals surface area (Å²) in [4.78, 5) is 0. The molecule has 1 aliphatic rings. The van der Waals surface area contributed by atoms with Crippen LogP contribution in [-0.4, -0.2) is 17.7 Å². The van der Waals surface area contributed by atoms with Crippen molar-refractivity contribution in [2.24, 2.45) is 0 Å². The molecule has 0 aromatic heterocycles. The number of allylic oxidation sites excluding steroid dienone is 3. The largest absolute Gasteiger partial charge is 0.261 e. The summed E-state index contributed by atoms with van der Waals surface area (Å²) in [5.74, 6) is 1.79. The molecular formula is C11H18ClNS. The Morgan fingerprint density at radius 3 is 3.07 bits per heavy atom. The molecule has 14 heavy (non-hydrogen) atoms. The zero-order valence-electron chi connectivity index (χ0n) is 8.63. The Kier molecular flexibility index (Phi) is 6.41. The molecule has 1 atom stereocenters. The van der Waals surface area contributed by atoms with Gasteiger partial charge in [-0.05, 0) is 31.8 Å². The SMILES string of the molecule is C[C@@H](CCCl)NSCC1=CCCC=C1. The lowest BCUT2D eigenvalue weighted by Gasteiger charge is -2.12. The van der Waals surface area contributed by atoms with E-state index < -0.39 is 0 Å². The zero-order valence-corrected chi connectivity index (χ0v) is 10.2. The van der Waals surface area contributed by atoms with Crippen LogP contribution < -0.4 is 4.72 Å². The van der Waals surface area contributed by atoms with Crippen molar-refractivity contribution in [2.75, 3.05) is 11.6 Å². The van der Waals surface area contributed by atoms with E-state index >= 15 is 0 Å². The average Bonchev–Trinajstić information content (AvgIpc) is 2.20. The fourth-order valence-electron chi connectivity index (χ4n) is 1.26. The normalized spacial score (nSPS) is 18.0. The van der Waals surface area contributed by atoms with Gasteiger partial charge >= 0.3 is 0 Å². The van der Waals surface area contributed by atoms with Crippen molar-refractivity contribution >= 4 is 23.5 Å². The van der Waals surface area contributed by atoms with Gasteiger partial charge in [0.25, 0.3) is 0 Å². The first-order chi connectivity index (χ1) is 6.83. The number of halogens is 1. The van der Waals surface area contributed by atoms with Crippen LogP contribution in [0, 0.1) is 0 Å². The second-order valence-electron chi connectivity index (χ2n) is 3.54. The number of hydrogen-bond acceptors (Lipinski definition) is 2. The van der Waals surface area contributed by atoms with Gasteiger partial charge in [0.1, 0.15) is 0 Å². The molecule has 1 rings (SSSR count). The third kappa shape index (κ3) is 5.08. The van der Waals surface area contributed by atoms with Gasteiger partial charge in [0.05, 0.1) is 0 Å². The van der Waals surface area contributed by atoms with E-state index in [2.05, 4.69) is 29.9 Å². The molecule has 1 aliphatic carbocycles. The van der Waals surface area contributed by atoms with Gasteiger partial charge in [-0.2, -0.15) is 0 Å². The van der Waals surface area contributed by atoms with Crippen LogP contribution in [0.1, 0.15) is 26.2 Å². The van der Waals surface area contributed by atoms with Crippen LogP contribution in [-0.2, 0) is 0 Å². The molecule has 1 N–H and O–H groups in total. The smallest absolute Gasteiger partial charge is 0.0327 e. The summed E-state index contributed by atoms with van der Waals surface area (Å²) < 4.78 is 3.39. The second kappa shape index (κ2) is 7.38. The van der Waals surface area contributed by atoms with Crippen LogP contribution in [0.3, 0.4) is 0 Å². The zero-order chi connectivity index (χ0) is 10.2. The quantitative estimate of drug-likeness (QED) is 0.555. The van der Waals surface area contributed by atoms with E-state index in [1.807, 2.05) is 0 Å². The molecule has 0 fully saturated rings. The maximum atomic E-state index is 5.65. The van der Waals surface area contributed by atoms with Crippen LogP contribution in [0.15, 0.2) is 23.8 Å². The van der Waals surface area contributed by atoms with Gasteiger partial charge in [-0.1, -0.05) is 30.2 Å². The van der Waals surface area contributed by atoms with Crippen molar-refractivity contribution in [1.82, 2.24) is 4.72 Å². The molecule has 3 heteroatoms. The Balaban J connectivity index is 2.08. The van der Waals surface area contributed by atoms with Crippen molar-refractivity contribution in [1.29, 1.82) is 0 Å². The third-order valence-electron chi connectivity index (χ3n) is 2.14. The standard InChI is InChI=1S/C11H18ClNS/c1-10(7-8-12)13-14-9-11-5-3-2-4-6-11/h3,5-6,10,13H,2,4,7-9H2,1H3/t10-/m0/s1. The topological polar surface area (TPSA) is 12.0 Å². The number of nitrogens with one attached hydrogen (secondary N) is 1. The van der Waals surface area contributed by atoms with E-state index in [9.17, 15) is 0 Å². The highest BCUT2D eigenvalue weighted by molar-refractivity contribution is 7.97. The van der Waals surface area contributed by atoms with E-state index in [0.717, 1.165) is 18.1 Å². The van der Waals surface area contributed by atoms with E-state index in [1.54, 1.807) is 11.9 Å². The third-order valence-corrected chi connectivity index (χ3v) is 3.40. The molecule has 80 valence electrons. The van der Waals surface area contributed by atoms with Gasteiger partial charge in [0, 0.05) is 17.7 Å². The van der Waals surface area contributed by atoms with Gasteiger partial charge in [-0.3, -0.25) is 4.72 Å². The lowest BCUT2D eigenvalue weighted by molar-refractivity contribution is 0.673. The number of alkyl halides is 1. The van der Waals surface area contributed by atoms with E-state index in [0.29, 0.717) is 6.04 Å². The van der Waals surface area contributed by atoms with E-state index in [-0.39, 0.29) is 0 Å². The van der Waals surface area contributed by atoms with Gasteiger partial charge < -0.3 is 0 Å². The first kappa shape index (κ1) is 12.2. The van der Waals surface area contributed by atoms with Gasteiger partial charge in [0.15, 0.2) is 0 Å². The molecule has 1 nitrogen and oxygen atoms in total. The van der Waals surface area contributed by atoms with Gasteiger partial charge in [-0.15, -0.1) is 11.6 Å². The molecule has 0 bridgehead atoms. The van der Waals surface area contributed by atoms with E-state index in [4.69, 9.17) is 11.6 Å². The fraction of sp³-hybridized carbons (Fsp3) is 0.636. The Hall–Kier alpha value is 0.0800. The Bertz CT molecular complexity index is 213. The summed E-state index contributed by atoms with van der Waals surface area (Å²) in [6.07, 6.45) is 10.2. The minimum Gasteiger partial charge on any atom is -0.261 e. The summed E-state index contributed by atoms with van der Waals surface area (Å²) in [6.45, 7) is 2.17. The van der Waals surface area contributed by atoms with Crippen molar-refractivity contribution in [3.8, 4) is 0 Å². The van der Waals surface area contributed by atoms with Gasteiger partial charge in [0.2, 0.25) is 0 Å². The van der Waals surface area contributed by atoms with Crippen LogP contribution in [0.5, 0.6) is 0 Å². The summed E-state index contributed by atoms with van der Waals surface area (Å²) in [5, 5.41) is 0. The summed E-state index contributed by atoms with van der Waals surface area (Å²) in [6, 6.07) is 0.505. The second-order valence-corrected chi connectivity index (χ2v) is 4.74. The average molecular weight is 232 g/mol. The molecule has 0 aromatic carbocycles. The predicted molar refractivity (Wildman–Crippen MR) is 66.8 cm³/mol. The van der Waals surface area contributed by atoms with Crippen LogP contribution in [0.2, 0.25) is 0 Å². The van der Waals surface area contributed by atoms with Gasteiger partial charge in [-0.25, -0.2) is 0 Å². The fourth-order valence-corrected chi connectivity index (χ4v) is 2.46. The molecule has 0 radical (unpaired) electrons. The molecule has 0 unspecified atom stereocenters. The molecule has 0 saturated carbocycles. The summed E-state index contributed by atoms with van der Waals surface area (Å²) in [7, 11) is 0. The molecule has 0 amide bonds. The lowest BCUT2D eigenvalue weighted by atomic mass is 10.1. The maximum absolute atomic E-state index is 5.65. The van der Waals surface area contributed by atoms with Crippen LogP contribution >= 0.6 is 23.5 Å². The lowest BCUT2D eigenvalue weighted by Crippen LogP contribution is -2.20. The molecule has 0 spiro atoms. The number of rotatable bonds is 6. The molecule has 0 aromatic rings. The van der Waals surface area contributed by atoms with Crippen LogP contribution in [0.25, 0.3) is 0 Å². The first-order valence-electron chi connectivity index (χ1n) is 5.12. The highest BCUT2D eigenvalue weighted by Gasteiger charge is 2.01. The Labute approximate surface area is 96.1 Å². The Morgan fingerprint density at radius 1 is 1.57 bits per heavy atom. The molecule has 0 saturated heterocycles. The first-order valence-corrected chi connectivity index (χ1v) is 6.64. The van der Waals surface area contributed by atoms with Crippen molar-refractivity contribution in [3.63, 3.8) is 0 Å².